The number of nitrogens with zero attached hydrogens (tertiary/aromatic N) is 2. The summed E-state index contributed by atoms with van der Waals surface area (Å²) < 4.78 is 30.5. The Hall–Kier alpha value is -1.00. The van der Waals surface area contributed by atoms with E-state index in [1.165, 1.54) is 21.9 Å². The van der Waals surface area contributed by atoms with Crippen molar-refractivity contribution in [1.29, 1.82) is 0 Å². The summed E-state index contributed by atoms with van der Waals surface area (Å²) in [6.07, 6.45) is 1.55. The van der Waals surface area contributed by atoms with E-state index in [0.29, 0.717) is 45.8 Å². The molecule has 24 heavy (non-hydrogen) atoms. The Morgan fingerprint density at radius 3 is 2.75 bits per heavy atom. The minimum atomic E-state index is -3.29. The molecule has 0 radical (unpaired) electrons. The molecule has 0 aromatic carbocycles. The molecule has 1 aromatic rings. The van der Waals surface area contributed by atoms with Gasteiger partial charge in [0, 0.05) is 44.1 Å². The summed E-state index contributed by atoms with van der Waals surface area (Å²) in [5, 5.41) is 4.72. The fourth-order valence-corrected chi connectivity index (χ4v) is 4.01. The summed E-state index contributed by atoms with van der Waals surface area (Å²) in [7, 11) is -3.29. The van der Waals surface area contributed by atoms with Crippen LogP contribution in [0, 0.1) is 0 Å². The molecule has 2 heterocycles. The van der Waals surface area contributed by atoms with Crippen molar-refractivity contribution in [2.24, 2.45) is 0 Å². The molecule has 1 aliphatic heterocycles. The summed E-state index contributed by atoms with van der Waals surface area (Å²) in [6.45, 7) is 4.76. The highest BCUT2D eigenvalue weighted by Gasteiger charge is 2.19. The molecule has 0 atom stereocenters. The summed E-state index contributed by atoms with van der Waals surface area (Å²) in [6, 6.07) is 3.82. The van der Waals surface area contributed by atoms with Crippen molar-refractivity contribution in [3.8, 4) is 0 Å². The predicted molar refractivity (Wildman–Crippen MR) is 94.7 cm³/mol. The molecule has 1 amide bonds. The second kappa shape index (κ2) is 9.47. The van der Waals surface area contributed by atoms with Crippen molar-refractivity contribution in [3.05, 3.63) is 22.4 Å². The Kier molecular flexibility index (Phi) is 7.63. The van der Waals surface area contributed by atoms with Crippen molar-refractivity contribution in [2.75, 3.05) is 58.7 Å². The second-order valence-corrected chi connectivity index (χ2v) is 8.74. The number of carbonyl (C=O) groups is 1. The van der Waals surface area contributed by atoms with Crippen LogP contribution in [0.5, 0.6) is 0 Å². The van der Waals surface area contributed by atoms with Crippen LogP contribution in [0.25, 0.3) is 0 Å². The van der Waals surface area contributed by atoms with Crippen LogP contribution in [0.2, 0.25) is 0 Å². The van der Waals surface area contributed by atoms with Crippen LogP contribution in [0.1, 0.15) is 4.88 Å². The third kappa shape index (κ3) is 6.86. The summed E-state index contributed by atoms with van der Waals surface area (Å²) >= 11 is 1.54. The number of nitrogens with one attached hydrogen (secondary N) is 1. The molecule has 1 fully saturated rings. The Morgan fingerprint density at radius 2 is 2.12 bits per heavy atom. The number of sulfonamides is 1. The normalized spacial score (nSPS) is 16.4. The molecule has 0 saturated carbocycles. The van der Waals surface area contributed by atoms with Crippen LogP contribution in [0.3, 0.4) is 0 Å². The minimum Gasteiger partial charge on any atom is -0.379 e. The van der Waals surface area contributed by atoms with Crippen LogP contribution in [-0.2, 0) is 26.0 Å². The van der Waals surface area contributed by atoms with Gasteiger partial charge in [0.25, 0.3) is 0 Å². The minimum absolute atomic E-state index is 0.0842. The fourth-order valence-electron chi connectivity index (χ4n) is 2.48. The number of rotatable bonds is 9. The van der Waals surface area contributed by atoms with Gasteiger partial charge in [-0.1, -0.05) is 6.07 Å². The van der Waals surface area contributed by atoms with Gasteiger partial charge in [-0.2, -0.15) is 4.31 Å². The zero-order valence-corrected chi connectivity index (χ0v) is 15.6. The number of thiophene rings is 1. The number of morpholine rings is 1. The highest BCUT2D eigenvalue weighted by atomic mass is 32.2. The smallest absolute Gasteiger partial charge is 0.225 e. The predicted octanol–water partition coefficient (Wildman–Crippen LogP) is 0.000600. The third-order valence-electron chi connectivity index (χ3n) is 3.84. The molecule has 7 nitrogen and oxygen atoms in total. The van der Waals surface area contributed by atoms with Crippen LogP contribution >= 0.6 is 11.3 Å². The number of hydrogen-bond acceptors (Lipinski definition) is 6. The van der Waals surface area contributed by atoms with E-state index in [4.69, 9.17) is 4.74 Å². The standard InChI is InChI=1S/C15H25N3O4S2/c1-24(20,21)18(7-6-17-8-10-22-11-9-17)5-4-16-15(19)13-14-3-2-12-23-14/h2-3,12H,4-11,13H2,1H3,(H,16,19). The zero-order chi connectivity index (χ0) is 17.4. The van der Waals surface area contributed by atoms with E-state index in [1.54, 1.807) is 0 Å². The molecule has 0 bridgehead atoms. The SMILES string of the molecule is CS(=O)(=O)N(CCNC(=O)Cc1cccs1)CCN1CCOCC1. The van der Waals surface area contributed by atoms with Crippen molar-refractivity contribution in [3.63, 3.8) is 0 Å². The van der Waals surface area contributed by atoms with E-state index in [1.807, 2.05) is 17.5 Å². The average Bonchev–Trinajstić information content (AvgIpc) is 3.03. The van der Waals surface area contributed by atoms with Gasteiger partial charge in [0.1, 0.15) is 0 Å². The third-order valence-corrected chi connectivity index (χ3v) is 6.02. The van der Waals surface area contributed by atoms with Crippen LogP contribution < -0.4 is 5.32 Å². The average molecular weight is 376 g/mol. The number of amides is 1. The Labute approximate surface area is 147 Å². The molecule has 9 heteroatoms. The Balaban J connectivity index is 1.73. The molecule has 136 valence electrons. The van der Waals surface area contributed by atoms with Gasteiger partial charge in [-0.3, -0.25) is 9.69 Å². The Morgan fingerprint density at radius 1 is 1.38 bits per heavy atom. The zero-order valence-electron chi connectivity index (χ0n) is 13.9. The van der Waals surface area contributed by atoms with Gasteiger partial charge in [-0.05, 0) is 11.4 Å². The van der Waals surface area contributed by atoms with Gasteiger partial charge in [-0.25, -0.2) is 8.42 Å². The lowest BCUT2D eigenvalue weighted by atomic mass is 10.3. The molecule has 1 aromatic heterocycles. The molecule has 1 aliphatic rings. The first-order chi connectivity index (χ1) is 11.4. The lowest BCUT2D eigenvalue weighted by molar-refractivity contribution is -0.120. The maximum atomic E-state index is 11.9. The highest BCUT2D eigenvalue weighted by Crippen LogP contribution is 2.08. The van der Waals surface area contributed by atoms with Crippen molar-refractivity contribution in [2.45, 2.75) is 6.42 Å². The molecule has 0 spiro atoms. The van der Waals surface area contributed by atoms with Crippen LogP contribution in [-0.4, -0.2) is 82.3 Å². The van der Waals surface area contributed by atoms with Crippen molar-refractivity contribution >= 4 is 27.3 Å². The van der Waals surface area contributed by atoms with E-state index < -0.39 is 10.0 Å². The highest BCUT2D eigenvalue weighted by molar-refractivity contribution is 7.88. The second-order valence-electron chi connectivity index (χ2n) is 5.72. The van der Waals surface area contributed by atoms with Crippen LogP contribution in [0.15, 0.2) is 17.5 Å². The van der Waals surface area contributed by atoms with Crippen molar-refractivity contribution in [1.82, 2.24) is 14.5 Å². The van der Waals surface area contributed by atoms with Gasteiger partial charge in [0.05, 0.1) is 25.9 Å². The summed E-state index contributed by atoms with van der Waals surface area (Å²) in [4.78, 5) is 15.0. The fraction of sp³-hybridized carbons (Fsp3) is 0.667. The van der Waals surface area contributed by atoms with Crippen molar-refractivity contribution < 1.29 is 17.9 Å². The number of carbonyl (C=O) groups excluding carboxylic acids is 1. The topological polar surface area (TPSA) is 79.0 Å². The number of ether oxygens (including phenoxy) is 1. The van der Waals surface area contributed by atoms with Gasteiger partial charge in [0.15, 0.2) is 0 Å². The Bertz CT molecular complexity index is 598. The first kappa shape index (κ1) is 19.3. The molecule has 0 unspecified atom stereocenters. The maximum absolute atomic E-state index is 11.9. The quantitative estimate of drug-likeness (QED) is 0.657. The first-order valence-corrected chi connectivity index (χ1v) is 10.7. The molecule has 1 N–H and O–H groups in total. The lowest BCUT2D eigenvalue weighted by Crippen LogP contribution is -2.45. The van der Waals surface area contributed by atoms with Gasteiger partial charge >= 0.3 is 0 Å². The molecular formula is C15H25N3O4S2. The maximum Gasteiger partial charge on any atom is 0.225 e. The van der Waals surface area contributed by atoms with E-state index in [9.17, 15) is 13.2 Å². The van der Waals surface area contributed by atoms with Gasteiger partial charge in [-0.15, -0.1) is 11.3 Å². The molecule has 2 rings (SSSR count). The van der Waals surface area contributed by atoms with E-state index in [-0.39, 0.29) is 5.91 Å². The monoisotopic (exact) mass is 375 g/mol. The molecule has 1 saturated heterocycles. The number of hydrogen-bond donors (Lipinski definition) is 1. The van der Waals surface area contributed by atoms with Crippen LogP contribution in [0.4, 0.5) is 0 Å². The van der Waals surface area contributed by atoms with E-state index in [0.717, 1.165) is 18.0 Å². The van der Waals surface area contributed by atoms with E-state index in [2.05, 4.69) is 10.2 Å². The summed E-state index contributed by atoms with van der Waals surface area (Å²) in [5.74, 6) is -0.0842. The molecular weight excluding hydrogens is 350 g/mol. The molecule has 0 aliphatic carbocycles. The largest absolute Gasteiger partial charge is 0.379 e. The van der Waals surface area contributed by atoms with Gasteiger partial charge in [0.2, 0.25) is 15.9 Å². The lowest BCUT2D eigenvalue weighted by Gasteiger charge is -2.29. The summed E-state index contributed by atoms with van der Waals surface area (Å²) in [5.41, 5.74) is 0. The van der Waals surface area contributed by atoms with E-state index >= 15 is 0 Å². The van der Waals surface area contributed by atoms with Gasteiger partial charge < -0.3 is 10.1 Å². The first-order valence-electron chi connectivity index (χ1n) is 7.99.